The van der Waals surface area contributed by atoms with Crippen LogP contribution in [0.1, 0.15) is 31.7 Å². The predicted molar refractivity (Wildman–Crippen MR) is 80.8 cm³/mol. The Balaban J connectivity index is 0.00000200. The normalized spacial score (nSPS) is 19.1. The van der Waals surface area contributed by atoms with Gasteiger partial charge in [0.2, 0.25) is 10.0 Å². The van der Waals surface area contributed by atoms with Gasteiger partial charge in [-0.15, -0.1) is 12.4 Å². The van der Waals surface area contributed by atoms with Gasteiger partial charge in [-0.1, -0.05) is 13.8 Å². The minimum absolute atomic E-state index is 0. The second-order valence-corrected chi connectivity index (χ2v) is 6.52. The highest BCUT2D eigenvalue weighted by Gasteiger charge is 2.29. The van der Waals surface area contributed by atoms with Crippen LogP contribution >= 0.6 is 12.4 Å². The predicted octanol–water partition coefficient (Wildman–Crippen LogP) is 0.607. The van der Waals surface area contributed by atoms with E-state index in [2.05, 4.69) is 15.1 Å². The third-order valence-electron chi connectivity index (χ3n) is 3.51. The Bertz CT molecular complexity index is 550. The van der Waals surface area contributed by atoms with Gasteiger partial charge in [0.15, 0.2) is 0 Å². The third-order valence-corrected chi connectivity index (χ3v) is 5.16. The van der Waals surface area contributed by atoms with E-state index >= 15 is 0 Å². The molecule has 1 aliphatic rings. The van der Waals surface area contributed by atoms with Gasteiger partial charge in [0.05, 0.1) is 11.4 Å². The van der Waals surface area contributed by atoms with Crippen molar-refractivity contribution in [3.63, 3.8) is 0 Å². The van der Waals surface area contributed by atoms with Gasteiger partial charge in [-0.3, -0.25) is 4.68 Å². The van der Waals surface area contributed by atoms with E-state index in [0.29, 0.717) is 30.0 Å². The van der Waals surface area contributed by atoms with Crippen LogP contribution in [0.5, 0.6) is 0 Å². The number of rotatable bonds is 5. The lowest BCUT2D eigenvalue weighted by Gasteiger charge is -2.13. The van der Waals surface area contributed by atoms with Crippen LogP contribution in [-0.4, -0.2) is 37.3 Å². The van der Waals surface area contributed by atoms with Gasteiger partial charge in [0.1, 0.15) is 4.90 Å². The molecule has 0 spiro atoms. The molecule has 20 heavy (non-hydrogen) atoms. The number of aryl methyl sites for hydroxylation is 2. The number of hydrogen-bond acceptors (Lipinski definition) is 4. The quantitative estimate of drug-likeness (QED) is 0.832. The number of nitrogens with one attached hydrogen (secondary N) is 2. The maximum absolute atomic E-state index is 12.6. The molecule has 0 aliphatic carbocycles. The zero-order chi connectivity index (χ0) is 14.0. The molecule has 2 heterocycles. The lowest BCUT2D eigenvalue weighted by Crippen LogP contribution is -2.36. The molecule has 6 nitrogen and oxygen atoms in total. The van der Waals surface area contributed by atoms with Crippen LogP contribution in [-0.2, 0) is 29.9 Å². The summed E-state index contributed by atoms with van der Waals surface area (Å²) >= 11 is 0. The molecule has 1 fully saturated rings. The van der Waals surface area contributed by atoms with E-state index in [0.717, 1.165) is 18.7 Å². The van der Waals surface area contributed by atoms with Gasteiger partial charge in [-0.2, -0.15) is 5.10 Å². The Hall–Kier alpha value is -0.630. The summed E-state index contributed by atoms with van der Waals surface area (Å²) in [5.74, 6) is 0. The molecular formula is C12H23ClN4O2S. The smallest absolute Gasteiger partial charge is 0.244 e. The van der Waals surface area contributed by atoms with E-state index in [1.807, 2.05) is 13.8 Å². The standard InChI is InChI=1S/C12H22N4O2S.ClH/c1-4-10-12(11(5-2)16(3)14-10)19(17,18)15-9-6-7-13-8-9;/h9,13,15H,4-8H2,1-3H3;1H. The lowest BCUT2D eigenvalue weighted by atomic mass is 10.2. The Morgan fingerprint density at radius 3 is 2.60 bits per heavy atom. The van der Waals surface area contributed by atoms with E-state index in [9.17, 15) is 8.42 Å². The van der Waals surface area contributed by atoms with E-state index in [4.69, 9.17) is 0 Å². The highest BCUT2D eigenvalue weighted by atomic mass is 35.5. The number of hydrogen-bond donors (Lipinski definition) is 2. The van der Waals surface area contributed by atoms with Crippen molar-refractivity contribution in [2.24, 2.45) is 7.05 Å². The van der Waals surface area contributed by atoms with E-state index < -0.39 is 10.0 Å². The first kappa shape index (κ1) is 17.4. The number of sulfonamides is 1. The van der Waals surface area contributed by atoms with Crippen molar-refractivity contribution in [1.82, 2.24) is 19.8 Å². The van der Waals surface area contributed by atoms with Crippen molar-refractivity contribution in [2.75, 3.05) is 13.1 Å². The fraction of sp³-hybridized carbons (Fsp3) is 0.750. The Morgan fingerprint density at radius 2 is 2.10 bits per heavy atom. The zero-order valence-electron chi connectivity index (χ0n) is 12.1. The monoisotopic (exact) mass is 322 g/mol. The molecular weight excluding hydrogens is 300 g/mol. The largest absolute Gasteiger partial charge is 0.315 e. The molecule has 0 aromatic carbocycles. The van der Waals surface area contributed by atoms with Crippen LogP contribution in [0.25, 0.3) is 0 Å². The SMILES string of the molecule is CCc1nn(C)c(CC)c1S(=O)(=O)NC1CCNC1.Cl. The third kappa shape index (κ3) is 3.33. The van der Waals surface area contributed by atoms with Crippen molar-refractivity contribution in [1.29, 1.82) is 0 Å². The van der Waals surface area contributed by atoms with E-state index in [-0.39, 0.29) is 18.4 Å². The van der Waals surface area contributed by atoms with Crippen molar-refractivity contribution >= 4 is 22.4 Å². The molecule has 1 unspecified atom stereocenters. The average molecular weight is 323 g/mol. The zero-order valence-corrected chi connectivity index (χ0v) is 13.8. The highest BCUT2D eigenvalue weighted by molar-refractivity contribution is 7.89. The molecule has 1 aromatic heterocycles. The molecule has 1 aliphatic heterocycles. The van der Waals surface area contributed by atoms with Gasteiger partial charge in [0.25, 0.3) is 0 Å². The molecule has 116 valence electrons. The summed E-state index contributed by atoms with van der Waals surface area (Å²) < 4.78 is 29.6. The molecule has 0 saturated carbocycles. The fourth-order valence-electron chi connectivity index (χ4n) is 2.56. The van der Waals surface area contributed by atoms with Crippen molar-refractivity contribution in [2.45, 2.75) is 44.0 Å². The molecule has 0 bridgehead atoms. The molecule has 8 heteroatoms. The first-order valence-electron chi connectivity index (χ1n) is 6.77. The van der Waals surface area contributed by atoms with Crippen molar-refractivity contribution in [3.05, 3.63) is 11.4 Å². The Kier molecular flexibility index (Phi) is 6.00. The van der Waals surface area contributed by atoms with Crippen LogP contribution in [0.2, 0.25) is 0 Å². The minimum Gasteiger partial charge on any atom is -0.315 e. The molecule has 1 saturated heterocycles. The molecule has 2 N–H and O–H groups in total. The van der Waals surface area contributed by atoms with Crippen molar-refractivity contribution in [3.8, 4) is 0 Å². The maximum Gasteiger partial charge on any atom is 0.244 e. The molecule has 1 aromatic rings. The van der Waals surface area contributed by atoms with Gasteiger partial charge < -0.3 is 5.32 Å². The van der Waals surface area contributed by atoms with E-state index in [1.165, 1.54) is 0 Å². The molecule has 2 rings (SSSR count). The number of aromatic nitrogens is 2. The fourth-order valence-corrected chi connectivity index (χ4v) is 4.40. The number of nitrogens with zero attached hydrogens (tertiary/aromatic N) is 2. The Morgan fingerprint density at radius 1 is 1.40 bits per heavy atom. The Labute approximate surface area is 126 Å². The van der Waals surface area contributed by atoms with Crippen LogP contribution in [0.3, 0.4) is 0 Å². The topological polar surface area (TPSA) is 76.0 Å². The first-order valence-corrected chi connectivity index (χ1v) is 8.25. The maximum atomic E-state index is 12.6. The molecule has 0 amide bonds. The highest BCUT2D eigenvalue weighted by Crippen LogP contribution is 2.22. The second-order valence-electron chi connectivity index (χ2n) is 4.86. The minimum atomic E-state index is -3.48. The summed E-state index contributed by atoms with van der Waals surface area (Å²) in [6, 6.07) is -0.0142. The van der Waals surface area contributed by atoms with Gasteiger partial charge in [0, 0.05) is 19.6 Å². The van der Waals surface area contributed by atoms with Crippen molar-refractivity contribution < 1.29 is 8.42 Å². The average Bonchev–Trinajstić information content (AvgIpc) is 2.95. The summed E-state index contributed by atoms with van der Waals surface area (Å²) in [7, 11) is -1.68. The van der Waals surface area contributed by atoms with E-state index in [1.54, 1.807) is 11.7 Å². The molecule has 0 radical (unpaired) electrons. The van der Waals surface area contributed by atoms with Crippen LogP contribution in [0.15, 0.2) is 4.90 Å². The summed E-state index contributed by atoms with van der Waals surface area (Å²) in [6.07, 6.45) is 2.11. The van der Waals surface area contributed by atoms with Gasteiger partial charge in [-0.25, -0.2) is 13.1 Å². The van der Waals surface area contributed by atoms with Crippen LogP contribution in [0, 0.1) is 0 Å². The first-order chi connectivity index (χ1) is 8.99. The lowest BCUT2D eigenvalue weighted by molar-refractivity contribution is 0.557. The number of halogens is 1. The molecule has 1 atom stereocenters. The van der Waals surface area contributed by atoms with Gasteiger partial charge >= 0.3 is 0 Å². The second kappa shape index (κ2) is 6.89. The van der Waals surface area contributed by atoms with Gasteiger partial charge in [-0.05, 0) is 25.8 Å². The summed E-state index contributed by atoms with van der Waals surface area (Å²) in [5, 5.41) is 7.48. The summed E-state index contributed by atoms with van der Waals surface area (Å²) in [5.41, 5.74) is 1.42. The summed E-state index contributed by atoms with van der Waals surface area (Å²) in [6.45, 7) is 5.44. The van der Waals surface area contributed by atoms with Crippen LogP contribution < -0.4 is 10.0 Å². The summed E-state index contributed by atoms with van der Waals surface area (Å²) in [4.78, 5) is 0.381. The van der Waals surface area contributed by atoms with Crippen LogP contribution in [0.4, 0.5) is 0 Å².